The van der Waals surface area contributed by atoms with Crippen LogP contribution in [0.15, 0.2) is 54.1 Å². The highest BCUT2D eigenvalue weighted by Gasteiger charge is 2.14. The van der Waals surface area contributed by atoms with Crippen LogP contribution in [0.4, 0.5) is 0 Å². The Balaban J connectivity index is 2.41. The van der Waals surface area contributed by atoms with Gasteiger partial charge in [-0.05, 0) is 71.7 Å². The molecule has 2 aliphatic carbocycles. The Labute approximate surface area is 145 Å². The third-order valence-electron chi connectivity index (χ3n) is 4.33. The molecule has 124 valence electrons. The van der Waals surface area contributed by atoms with Crippen molar-refractivity contribution in [2.24, 2.45) is 0 Å². The van der Waals surface area contributed by atoms with E-state index in [0.717, 1.165) is 11.9 Å². The maximum Gasteiger partial charge on any atom is 0.143 e. The van der Waals surface area contributed by atoms with Gasteiger partial charge in [-0.1, -0.05) is 62.4 Å². The van der Waals surface area contributed by atoms with Crippen LogP contribution in [0.1, 0.15) is 48.9 Å². The van der Waals surface area contributed by atoms with E-state index in [9.17, 15) is 4.79 Å². The number of fused-ring (bicyclic) bond motifs is 1. The van der Waals surface area contributed by atoms with Crippen LogP contribution < -0.4 is 0 Å². The minimum Gasteiger partial charge on any atom is -0.299 e. The normalized spacial score (nSPS) is 12.8. The molecule has 1 heteroatoms. The molecule has 0 saturated heterocycles. The van der Waals surface area contributed by atoms with Gasteiger partial charge in [0.25, 0.3) is 0 Å². The summed E-state index contributed by atoms with van der Waals surface area (Å²) in [6, 6.07) is 9.04. The van der Waals surface area contributed by atoms with Crippen molar-refractivity contribution in [1.82, 2.24) is 0 Å². The number of rotatable bonds is 5. The lowest BCUT2D eigenvalue weighted by Gasteiger charge is -2.04. The Morgan fingerprint density at radius 2 is 1.79 bits per heavy atom. The zero-order valence-corrected chi connectivity index (χ0v) is 15.3. The van der Waals surface area contributed by atoms with Gasteiger partial charge in [-0.25, -0.2) is 0 Å². The average Bonchev–Trinajstić information content (AvgIpc) is 2.71. The van der Waals surface area contributed by atoms with E-state index < -0.39 is 0 Å². The SMILES string of the molecule is CC(=C/C=O)/C=C/C=C/c1cc(C)c2cc(C(C)C)ccc(C)c1-2. The van der Waals surface area contributed by atoms with Crippen molar-refractivity contribution in [3.8, 4) is 11.1 Å². The predicted molar refractivity (Wildman–Crippen MR) is 105 cm³/mol. The van der Waals surface area contributed by atoms with Crippen LogP contribution in [0.3, 0.4) is 0 Å². The molecule has 0 aromatic heterocycles. The number of aldehydes is 1. The molecule has 0 atom stereocenters. The Hall–Kier alpha value is -2.41. The lowest BCUT2D eigenvalue weighted by molar-refractivity contribution is -0.104. The highest BCUT2D eigenvalue weighted by Crippen LogP contribution is 2.36. The summed E-state index contributed by atoms with van der Waals surface area (Å²) in [6.45, 7) is 10.7. The van der Waals surface area contributed by atoms with Crippen LogP contribution in [0.2, 0.25) is 0 Å². The first-order valence-electron chi connectivity index (χ1n) is 8.44. The van der Waals surface area contributed by atoms with Gasteiger partial charge in [0.15, 0.2) is 0 Å². The van der Waals surface area contributed by atoms with Gasteiger partial charge >= 0.3 is 0 Å². The summed E-state index contributed by atoms with van der Waals surface area (Å²) in [7, 11) is 0. The maximum absolute atomic E-state index is 10.4. The first kappa shape index (κ1) is 17.9. The molecule has 0 aromatic carbocycles. The molecule has 0 unspecified atom stereocenters. The van der Waals surface area contributed by atoms with Crippen LogP contribution in [-0.2, 0) is 4.79 Å². The lowest BCUT2D eigenvalue weighted by Crippen LogP contribution is -1.84. The molecule has 0 N–H and O–H groups in total. The molecule has 2 aliphatic rings. The van der Waals surface area contributed by atoms with E-state index in [-0.39, 0.29) is 0 Å². The predicted octanol–water partition coefficient (Wildman–Crippen LogP) is 6.25. The number of aryl methyl sites for hydroxylation is 2. The van der Waals surface area contributed by atoms with Crippen molar-refractivity contribution in [2.45, 2.75) is 40.5 Å². The van der Waals surface area contributed by atoms with Crippen molar-refractivity contribution in [3.05, 3.63) is 76.4 Å². The molecule has 1 nitrogen and oxygen atoms in total. The molecule has 0 amide bonds. The van der Waals surface area contributed by atoms with Crippen LogP contribution in [-0.4, -0.2) is 6.29 Å². The van der Waals surface area contributed by atoms with Gasteiger partial charge in [-0.3, -0.25) is 4.79 Å². The van der Waals surface area contributed by atoms with Crippen molar-refractivity contribution in [1.29, 1.82) is 0 Å². The standard InChI is InChI=1S/C23H26O/c1-16(2)20-11-10-18(4)23-21(14-19(5)22(23)15-20)9-7-6-8-17(3)12-13-24/h6-16H,1-5H3/b8-6+,9-7+,17-12-. The molecule has 0 saturated carbocycles. The maximum atomic E-state index is 10.4. The second-order valence-corrected chi connectivity index (χ2v) is 6.65. The first-order chi connectivity index (χ1) is 11.4. The van der Waals surface area contributed by atoms with Crippen molar-refractivity contribution in [3.63, 3.8) is 0 Å². The van der Waals surface area contributed by atoms with Crippen molar-refractivity contribution < 1.29 is 4.79 Å². The summed E-state index contributed by atoms with van der Waals surface area (Å²) in [5.41, 5.74) is 8.82. The summed E-state index contributed by atoms with van der Waals surface area (Å²) in [6.07, 6.45) is 10.5. The van der Waals surface area contributed by atoms with Gasteiger partial charge in [0.2, 0.25) is 0 Å². The van der Waals surface area contributed by atoms with Gasteiger partial charge < -0.3 is 0 Å². The lowest BCUT2D eigenvalue weighted by atomic mass is 10.0. The highest BCUT2D eigenvalue weighted by molar-refractivity contribution is 5.84. The van der Waals surface area contributed by atoms with Crippen LogP contribution in [0, 0.1) is 13.8 Å². The smallest absolute Gasteiger partial charge is 0.143 e. The van der Waals surface area contributed by atoms with E-state index in [1.807, 2.05) is 25.2 Å². The second-order valence-electron chi connectivity index (χ2n) is 6.65. The zero-order chi connectivity index (χ0) is 17.7. The minimum atomic E-state index is 0.517. The molecule has 0 aliphatic heterocycles. The highest BCUT2D eigenvalue weighted by atomic mass is 16.1. The molecule has 0 radical (unpaired) electrons. The summed E-state index contributed by atoms with van der Waals surface area (Å²) >= 11 is 0. The number of carbonyl (C=O) groups excluding carboxylic acids is 1. The second kappa shape index (κ2) is 7.92. The van der Waals surface area contributed by atoms with E-state index in [1.165, 1.54) is 33.4 Å². The van der Waals surface area contributed by atoms with Crippen LogP contribution in [0.5, 0.6) is 0 Å². The average molecular weight is 318 g/mol. The minimum absolute atomic E-state index is 0.517. The monoisotopic (exact) mass is 318 g/mol. The molecule has 2 rings (SSSR count). The summed E-state index contributed by atoms with van der Waals surface area (Å²) < 4.78 is 0. The van der Waals surface area contributed by atoms with E-state index in [1.54, 1.807) is 6.08 Å². The molecular weight excluding hydrogens is 292 g/mol. The van der Waals surface area contributed by atoms with Crippen molar-refractivity contribution in [2.75, 3.05) is 0 Å². The van der Waals surface area contributed by atoms with Crippen molar-refractivity contribution >= 4 is 12.4 Å². The fourth-order valence-electron chi connectivity index (χ4n) is 2.90. The molecule has 0 aromatic rings. The zero-order valence-electron chi connectivity index (χ0n) is 15.3. The third-order valence-corrected chi connectivity index (χ3v) is 4.33. The molecule has 0 bridgehead atoms. The fraction of sp³-hybridized carbons (Fsp3) is 0.261. The van der Waals surface area contributed by atoms with E-state index >= 15 is 0 Å². The summed E-state index contributed by atoms with van der Waals surface area (Å²) in [5.74, 6) is 0.517. The molecule has 0 heterocycles. The van der Waals surface area contributed by atoms with Gasteiger partial charge in [0.05, 0.1) is 0 Å². The molecule has 0 spiro atoms. The Bertz CT molecular complexity index is 788. The first-order valence-corrected chi connectivity index (χ1v) is 8.44. The van der Waals surface area contributed by atoms with Gasteiger partial charge in [-0.2, -0.15) is 0 Å². The quantitative estimate of drug-likeness (QED) is 0.362. The third kappa shape index (κ3) is 4.11. The number of allylic oxidation sites excluding steroid dienone is 5. The number of hydrogen-bond acceptors (Lipinski definition) is 1. The van der Waals surface area contributed by atoms with Gasteiger partial charge in [0.1, 0.15) is 6.29 Å². The molecule has 0 fully saturated rings. The Morgan fingerprint density at radius 1 is 1.04 bits per heavy atom. The Morgan fingerprint density at radius 3 is 2.46 bits per heavy atom. The van der Waals surface area contributed by atoms with Crippen LogP contribution in [0.25, 0.3) is 17.2 Å². The van der Waals surface area contributed by atoms with E-state index in [0.29, 0.717) is 5.92 Å². The van der Waals surface area contributed by atoms with Gasteiger partial charge in [0, 0.05) is 0 Å². The number of carbonyl (C=O) groups is 1. The van der Waals surface area contributed by atoms with Crippen LogP contribution >= 0.6 is 0 Å². The Kier molecular flexibility index (Phi) is 5.92. The topological polar surface area (TPSA) is 17.1 Å². The molecular formula is C23H26O. The summed E-state index contributed by atoms with van der Waals surface area (Å²) in [4.78, 5) is 10.4. The fourth-order valence-corrected chi connectivity index (χ4v) is 2.90. The van der Waals surface area contributed by atoms with E-state index in [4.69, 9.17) is 0 Å². The van der Waals surface area contributed by atoms with Gasteiger partial charge in [-0.15, -0.1) is 0 Å². The molecule has 24 heavy (non-hydrogen) atoms. The summed E-state index contributed by atoms with van der Waals surface area (Å²) in [5, 5.41) is 0. The number of hydrogen-bond donors (Lipinski definition) is 0. The largest absolute Gasteiger partial charge is 0.299 e. The van der Waals surface area contributed by atoms with E-state index in [2.05, 4.69) is 58.0 Å².